The van der Waals surface area contributed by atoms with E-state index in [9.17, 15) is 0 Å². The normalized spacial score (nSPS) is 13.7. The minimum absolute atomic E-state index is 1.21. The summed E-state index contributed by atoms with van der Waals surface area (Å²) in [5.74, 6) is 0. The standard InChI is InChI=1S/C35H27N2Si/c1-24-11-3-7-15-30(24)37-31(21-22-36(37)2)25-19-20-29-28-14-6-10-18-34(28)38(35(29)23-25)32-16-8-4-12-26(32)27-13-5-9-17-33(27)38/h3-23H,1-2H3/q+1. The van der Waals surface area contributed by atoms with Crippen molar-refractivity contribution in [2.75, 3.05) is 0 Å². The molecular formula is C35H27N2Si+. The lowest BCUT2D eigenvalue weighted by atomic mass is 10.0. The van der Waals surface area contributed by atoms with Gasteiger partial charge in [-0.2, -0.15) is 0 Å². The van der Waals surface area contributed by atoms with Crippen molar-refractivity contribution in [2.45, 2.75) is 6.92 Å². The van der Waals surface area contributed by atoms with Crippen LogP contribution < -0.4 is 25.4 Å². The first-order chi connectivity index (χ1) is 18.7. The van der Waals surface area contributed by atoms with E-state index in [2.05, 4.69) is 151 Å². The second-order valence-electron chi connectivity index (χ2n) is 10.5. The Morgan fingerprint density at radius 2 is 1.08 bits per heavy atom. The van der Waals surface area contributed by atoms with Crippen molar-refractivity contribution < 1.29 is 4.68 Å². The molecule has 0 bridgehead atoms. The molecule has 2 aliphatic rings. The lowest BCUT2D eigenvalue weighted by Crippen LogP contribution is -2.70. The van der Waals surface area contributed by atoms with Crippen LogP contribution >= 0.6 is 0 Å². The van der Waals surface area contributed by atoms with Gasteiger partial charge in [0.15, 0.2) is 21.3 Å². The van der Waals surface area contributed by atoms with Crippen molar-refractivity contribution in [2.24, 2.45) is 7.05 Å². The fraction of sp³-hybridized carbons (Fsp3) is 0.0571. The van der Waals surface area contributed by atoms with E-state index in [1.165, 1.54) is 65.5 Å². The van der Waals surface area contributed by atoms with Gasteiger partial charge in [-0.15, -0.1) is 9.36 Å². The van der Waals surface area contributed by atoms with Gasteiger partial charge < -0.3 is 0 Å². The van der Waals surface area contributed by atoms with Gasteiger partial charge in [0.2, 0.25) is 0 Å². The van der Waals surface area contributed by atoms with Gasteiger partial charge in [0.05, 0.1) is 0 Å². The van der Waals surface area contributed by atoms with E-state index in [1.54, 1.807) is 0 Å². The average Bonchev–Trinajstić information content (AvgIpc) is 3.59. The molecule has 0 radical (unpaired) electrons. The fourth-order valence-corrected chi connectivity index (χ4v) is 12.7. The highest BCUT2D eigenvalue weighted by Crippen LogP contribution is 2.37. The molecule has 0 saturated carbocycles. The lowest BCUT2D eigenvalue weighted by molar-refractivity contribution is -0.743. The Balaban J connectivity index is 1.45. The van der Waals surface area contributed by atoms with Crippen LogP contribution in [0.1, 0.15) is 5.56 Å². The highest BCUT2D eigenvalue weighted by atomic mass is 28.3. The SMILES string of the molecule is Cc1ccccc1-n1c(-c2ccc3c(c2)[Si]2(c4ccccc4-c4ccccc42)c2ccccc2-3)cc[n+]1C. The largest absolute Gasteiger partial charge is 0.196 e. The maximum absolute atomic E-state index is 2.52. The van der Waals surface area contributed by atoms with Gasteiger partial charge >= 0.3 is 0 Å². The molecule has 3 heterocycles. The van der Waals surface area contributed by atoms with Crippen LogP contribution in [-0.2, 0) is 7.05 Å². The Kier molecular flexibility index (Phi) is 4.41. The maximum atomic E-state index is 2.52. The Morgan fingerprint density at radius 3 is 1.68 bits per heavy atom. The van der Waals surface area contributed by atoms with Crippen LogP contribution in [0, 0.1) is 6.92 Å². The zero-order valence-corrected chi connectivity index (χ0v) is 22.5. The minimum atomic E-state index is -2.43. The molecule has 0 aliphatic carbocycles. The van der Waals surface area contributed by atoms with E-state index in [0.717, 1.165) is 0 Å². The number of para-hydroxylation sites is 1. The molecule has 0 atom stereocenters. The molecule has 180 valence electrons. The molecule has 6 aromatic rings. The predicted molar refractivity (Wildman–Crippen MR) is 159 cm³/mol. The van der Waals surface area contributed by atoms with Gasteiger partial charge in [-0.1, -0.05) is 109 Å². The maximum Gasteiger partial charge on any atom is 0.196 e. The van der Waals surface area contributed by atoms with Crippen LogP contribution in [0.4, 0.5) is 0 Å². The molecule has 0 unspecified atom stereocenters. The van der Waals surface area contributed by atoms with E-state index in [1.807, 2.05) is 0 Å². The van der Waals surface area contributed by atoms with Gasteiger partial charge in [-0.05, 0) is 61.6 Å². The van der Waals surface area contributed by atoms with Crippen LogP contribution in [0.2, 0.25) is 0 Å². The number of fused-ring (bicyclic) bond motifs is 10. The monoisotopic (exact) mass is 503 g/mol. The lowest BCUT2D eigenvalue weighted by Gasteiger charge is -2.28. The molecule has 8 rings (SSSR count). The fourth-order valence-electron chi connectivity index (χ4n) is 7.06. The Labute approximate surface area is 224 Å². The topological polar surface area (TPSA) is 8.81 Å². The second kappa shape index (κ2) is 7.76. The Hall–Kier alpha value is -4.47. The second-order valence-corrected chi connectivity index (χ2v) is 14.2. The summed E-state index contributed by atoms with van der Waals surface area (Å²) in [5, 5.41) is 6.06. The van der Waals surface area contributed by atoms with Gasteiger partial charge in [-0.25, -0.2) is 0 Å². The molecule has 0 fully saturated rings. The summed E-state index contributed by atoms with van der Waals surface area (Å²) in [6.45, 7) is 2.19. The van der Waals surface area contributed by atoms with E-state index >= 15 is 0 Å². The van der Waals surface area contributed by atoms with E-state index in [4.69, 9.17) is 0 Å². The van der Waals surface area contributed by atoms with Crippen molar-refractivity contribution >= 4 is 28.8 Å². The summed E-state index contributed by atoms with van der Waals surface area (Å²) >= 11 is 0. The quantitative estimate of drug-likeness (QED) is 0.241. The molecule has 2 aliphatic heterocycles. The molecule has 2 nitrogen and oxygen atoms in total. The molecule has 38 heavy (non-hydrogen) atoms. The van der Waals surface area contributed by atoms with Crippen LogP contribution in [0.25, 0.3) is 39.2 Å². The molecular weight excluding hydrogens is 476 g/mol. The smallest absolute Gasteiger partial charge is 0.121 e. The van der Waals surface area contributed by atoms with Crippen LogP contribution in [0.15, 0.2) is 128 Å². The van der Waals surface area contributed by atoms with Crippen molar-refractivity contribution in [3.63, 3.8) is 0 Å². The summed E-state index contributed by atoms with van der Waals surface area (Å²) < 4.78 is 4.52. The van der Waals surface area contributed by atoms with E-state index in [0.29, 0.717) is 0 Å². The number of aryl methyl sites for hydroxylation is 2. The molecule has 1 spiro atoms. The predicted octanol–water partition coefficient (Wildman–Crippen LogP) is 4.62. The van der Waals surface area contributed by atoms with Gasteiger partial charge in [-0.3, -0.25) is 0 Å². The summed E-state index contributed by atoms with van der Waals surface area (Å²) in [7, 11) is -0.309. The van der Waals surface area contributed by atoms with Crippen LogP contribution in [-0.4, -0.2) is 12.8 Å². The number of aromatic nitrogens is 2. The summed E-state index contributed by atoms with van der Waals surface area (Å²) in [4.78, 5) is 0. The van der Waals surface area contributed by atoms with Crippen molar-refractivity contribution in [1.29, 1.82) is 0 Å². The zero-order valence-electron chi connectivity index (χ0n) is 21.5. The highest BCUT2D eigenvalue weighted by Gasteiger charge is 2.53. The number of nitrogens with zero attached hydrogens (tertiary/aromatic N) is 2. The molecule has 0 N–H and O–H groups in total. The minimum Gasteiger partial charge on any atom is -0.121 e. The molecule has 1 aromatic heterocycles. The molecule has 3 heteroatoms. The van der Waals surface area contributed by atoms with Crippen molar-refractivity contribution in [1.82, 2.24) is 4.68 Å². The van der Waals surface area contributed by atoms with Gasteiger partial charge in [0.25, 0.3) is 0 Å². The first kappa shape index (κ1) is 21.6. The summed E-state index contributed by atoms with van der Waals surface area (Å²) in [5.41, 5.74) is 10.5. The van der Waals surface area contributed by atoms with Gasteiger partial charge in [0.1, 0.15) is 11.4 Å². The summed E-state index contributed by atoms with van der Waals surface area (Å²) in [6.07, 6.45) is 2.16. The average molecular weight is 504 g/mol. The highest BCUT2D eigenvalue weighted by molar-refractivity contribution is 7.24. The number of rotatable bonds is 2. The van der Waals surface area contributed by atoms with Crippen LogP contribution in [0.5, 0.6) is 0 Å². The third-order valence-electron chi connectivity index (χ3n) is 8.63. The third kappa shape index (κ3) is 2.64. The van der Waals surface area contributed by atoms with Gasteiger partial charge in [0, 0.05) is 11.6 Å². The molecule has 5 aromatic carbocycles. The zero-order chi connectivity index (χ0) is 25.4. The first-order valence-corrected chi connectivity index (χ1v) is 15.3. The Bertz CT molecular complexity index is 1850. The molecule has 0 amide bonds. The van der Waals surface area contributed by atoms with Crippen molar-refractivity contribution in [3.05, 3.63) is 133 Å². The number of hydrogen-bond donors (Lipinski definition) is 0. The van der Waals surface area contributed by atoms with Crippen molar-refractivity contribution in [3.8, 4) is 39.2 Å². The number of benzene rings is 5. The van der Waals surface area contributed by atoms with E-state index in [-0.39, 0.29) is 0 Å². The molecule has 0 saturated heterocycles. The number of hydrogen-bond acceptors (Lipinski definition) is 0. The first-order valence-electron chi connectivity index (χ1n) is 13.3. The van der Waals surface area contributed by atoms with Crippen LogP contribution in [0.3, 0.4) is 0 Å². The summed E-state index contributed by atoms with van der Waals surface area (Å²) in [6, 6.07) is 45.5. The third-order valence-corrected chi connectivity index (χ3v) is 13.6. The Morgan fingerprint density at radius 1 is 0.553 bits per heavy atom. The van der Waals surface area contributed by atoms with E-state index < -0.39 is 8.07 Å².